The average Bonchev–Trinajstić information content (AvgIpc) is 2.39. The van der Waals surface area contributed by atoms with Crippen LogP contribution in [-0.4, -0.2) is 21.7 Å². The lowest BCUT2D eigenvalue weighted by molar-refractivity contribution is 0.0635. The van der Waals surface area contributed by atoms with Gasteiger partial charge in [0.2, 0.25) is 5.88 Å². The van der Waals surface area contributed by atoms with E-state index < -0.39 is 17.8 Å². The third-order valence-corrected chi connectivity index (χ3v) is 2.34. The predicted octanol–water partition coefficient (Wildman–Crippen LogP) is 3.76. The number of anilines is 1. The summed E-state index contributed by atoms with van der Waals surface area (Å²) in [5.74, 6) is 0.345. The lowest BCUT2D eigenvalue weighted by atomic mass is 10.2. The zero-order chi connectivity index (χ0) is 16.2. The highest BCUT2D eigenvalue weighted by Crippen LogP contribution is 2.28. The van der Waals surface area contributed by atoms with Crippen LogP contribution in [0.4, 0.5) is 14.9 Å². The van der Waals surface area contributed by atoms with Crippen LogP contribution in [0.3, 0.4) is 0 Å². The smallest absolute Gasteiger partial charge is 0.412 e. The van der Waals surface area contributed by atoms with Gasteiger partial charge in [-0.1, -0.05) is 12.1 Å². The molecular weight excluding hydrogens is 289 g/mol. The van der Waals surface area contributed by atoms with Gasteiger partial charge >= 0.3 is 12.2 Å². The molecule has 0 radical (unpaired) electrons. The van der Waals surface area contributed by atoms with Gasteiger partial charge in [-0.25, -0.2) is 9.78 Å². The molecule has 7 heteroatoms. The van der Waals surface area contributed by atoms with Gasteiger partial charge < -0.3 is 9.47 Å². The Bertz CT molecular complexity index is 671. The zero-order valence-corrected chi connectivity index (χ0v) is 12.5. The molecule has 0 atom stereocenters. The lowest BCUT2D eigenvalue weighted by Crippen LogP contribution is -2.27. The van der Waals surface area contributed by atoms with Gasteiger partial charge in [0.15, 0.2) is 5.75 Å². The van der Waals surface area contributed by atoms with E-state index in [-0.39, 0.29) is 5.88 Å². The van der Waals surface area contributed by atoms with E-state index in [1.54, 1.807) is 45.0 Å². The van der Waals surface area contributed by atoms with Crippen LogP contribution in [0.25, 0.3) is 0 Å². The fourth-order valence-electron chi connectivity index (χ4n) is 1.56. The first-order chi connectivity index (χ1) is 10.3. The first-order valence-electron chi connectivity index (χ1n) is 6.59. The molecule has 1 aromatic heterocycles. The van der Waals surface area contributed by atoms with E-state index in [1.165, 1.54) is 12.3 Å². The van der Waals surface area contributed by atoms with Crippen molar-refractivity contribution >= 4 is 11.8 Å². The van der Waals surface area contributed by atoms with Gasteiger partial charge in [-0.2, -0.15) is 9.37 Å². The highest BCUT2D eigenvalue weighted by molar-refractivity contribution is 5.87. The van der Waals surface area contributed by atoms with E-state index in [1.807, 2.05) is 0 Å². The Morgan fingerprint density at radius 1 is 1.23 bits per heavy atom. The minimum atomic E-state index is -0.893. The molecular formula is C15H16FN3O3. The quantitative estimate of drug-likeness (QED) is 0.874. The van der Waals surface area contributed by atoms with Crippen molar-refractivity contribution in [2.45, 2.75) is 26.4 Å². The molecule has 0 spiro atoms. The van der Waals surface area contributed by atoms with Crippen LogP contribution < -0.4 is 10.1 Å². The molecule has 2 rings (SSSR count). The second-order valence-corrected chi connectivity index (χ2v) is 5.39. The molecule has 0 bridgehead atoms. The molecule has 1 aromatic carbocycles. The number of nitrogens with zero attached hydrogens (tertiary/aromatic N) is 2. The Morgan fingerprint density at radius 2 is 1.95 bits per heavy atom. The number of aromatic nitrogens is 2. The minimum absolute atomic E-state index is 0.0333. The normalized spacial score (nSPS) is 10.9. The summed E-state index contributed by atoms with van der Waals surface area (Å²) in [6.07, 6.45) is -0.269. The first kappa shape index (κ1) is 15.7. The molecule has 1 amide bonds. The third kappa shape index (κ3) is 4.69. The number of halogens is 1. The van der Waals surface area contributed by atoms with Crippen molar-refractivity contribution in [3.05, 3.63) is 42.6 Å². The SMILES string of the molecule is CC(C)(C)OC(=O)Nc1ccccc1Oc1ccnc(F)n1. The maximum Gasteiger partial charge on any atom is 0.412 e. The average molecular weight is 305 g/mol. The molecule has 0 aliphatic carbocycles. The fraction of sp³-hybridized carbons (Fsp3) is 0.267. The molecule has 1 heterocycles. The Morgan fingerprint density at radius 3 is 2.64 bits per heavy atom. The highest BCUT2D eigenvalue weighted by atomic mass is 19.1. The van der Waals surface area contributed by atoms with Gasteiger partial charge in [0.05, 0.1) is 5.69 Å². The van der Waals surface area contributed by atoms with Crippen LogP contribution >= 0.6 is 0 Å². The number of benzene rings is 1. The lowest BCUT2D eigenvalue weighted by Gasteiger charge is -2.20. The van der Waals surface area contributed by atoms with Gasteiger partial charge in [0, 0.05) is 12.3 Å². The number of carbonyl (C=O) groups excluding carboxylic acids is 1. The maximum atomic E-state index is 13.0. The molecule has 22 heavy (non-hydrogen) atoms. The molecule has 2 aromatic rings. The van der Waals surface area contributed by atoms with E-state index in [4.69, 9.17) is 9.47 Å². The van der Waals surface area contributed by atoms with Gasteiger partial charge in [-0.3, -0.25) is 5.32 Å². The molecule has 0 aliphatic rings. The predicted molar refractivity (Wildman–Crippen MR) is 78.4 cm³/mol. The summed E-state index contributed by atoms with van der Waals surface area (Å²) in [5, 5.41) is 2.58. The van der Waals surface area contributed by atoms with Crippen LogP contribution in [-0.2, 0) is 4.74 Å². The van der Waals surface area contributed by atoms with Gasteiger partial charge in [-0.15, -0.1) is 0 Å². The summed E-state index contributed by atoms with van der Waals surface area (Å²) < 4.78 is 23.6. The van der Waals surface area contributed by atoms with Crippen LogP contribution in [0.5, 0.6) is 11.6 Å². The summed E-state index contributed by atoms with van der Waals surface area (Å²) >= 11 is 0. The van der Waals surface area contributed by atoms with Crippen molar-refractivity contribution in [1.29, 1.82) is 0 Å². The number of hydrogen-bond donors (Lipinski definition) is 1. The number of rotatable bonds is 3. The van der Waals surface area contributed by atoms with E-state index >= 15 is 0 Å². The molecule has 1 N–H and O–H groups in total. The van der Waals surface area contributed by atoms with E-state index in [0.29, 0.717) is 11.4 Å². The van der Waals surface area contributed by atoms with Crippen molar-refractivity contribution in [1.82, 2.24) is 9.97 Å². The van der Waals surface area contributed by atoms with E-state index in [0.717, 1.165) is 0 Å². The maximum absolute atomic E-state index is 13.0. The second-order valence-electron chi connectivity index (χ2n) is 5.39. The first-order valence-corrected chi connectivity index (χ1v) is 6.59. The van der Waals surface area contributed by atoms with Crippen LogP contribution in [0.2, 0.25) is 0 Å². The van der Waals surface area contributed by atoms with Crippen molar-refractivity contribution in [2.24, 2.45) is 0 Å². The van der Waals surface area contributed by atoms with Gasteiger partial charge in [0.25, 0.3) is 0 Å². The standard InChI is InChI=1S/C15H16FN3O3/c1-15(2,3)22-14(20)18-10-6-4-5-7-11(10)21-12-8-9-17-13(16)19-12/h4-9H,1-3H3,(H,18,20). The number of nitrogens with one attached hydrogen (secondary N) is 1. The molecule has 116 valence electrons. The number of para-hydroxylation sites is 2. The summed E-state index contributed by atoms with van der Waals surface area (Å²) in [6, 6.07) is 8.10. The van der Waals surface area contributed by atoms with Crippen molar-refractivity contribution in [3.8, 4) is 11.6 Å². The fourth-order valence-corrected chi connectivity index (χ4v) is 1.56. The number of amides is 1. The molecule has 6 nitrogen and oxygen atoms in total. The second kappa shape index (κ2) is 6.38. The Kier molecular flexibility index (Phi) is 4.55. The largest absolute Gasteiger partial charge is 0.444 e. The number of hydrogen-bond acceptors (Lipinski definition) is 5. The summed E-state index contributed by atoms with van der Waals surface area (Å²) in [5.41, 5.74) is -0.230. The van der Waals surface area contributed by atoms with Gasteiger partial charge in [0.1, 0.15) is 5.60 Å². The topological polar surface area (TPSA) is 73.3 Å². The minimum Gasteiger partial charge on any atom is -0.444 e. The molecule has 0 aliphatic heterocycles. The van der Waals surface area contributed by atoms with E-state index in [9.17, 15) is 9.18 Å². The van der Waals surface area contributed by atoms with Gasteiger partial charge in [-0.05, 0) is 32.9 Å². The van der Waals surface area contributed by atoms with Crippen LogP contribution in [0, 0.1) is 6.08 Å². The van der Waals surface area contributed by atoms with Crippen molar-refractivity contribution in [3.63, 3.8) is 0 Å². The Labute approximate surface area is 127 Å². The van der Waals surface area contributed by atoms with Crippen LogP contribution in [0.1, 0.15) is 20.8 Å². The summed E-state index contributed by atoms with van der Waals surface area (Å²) in [7, 11) is 0. The number of carbonyl (C=O) groups is 1. The Hall–Kier alpha value is -2.70. The molecule has 0 saturated heterocycles. The number of ether oxygens (including phenoxy) is 2. The molecule has 0 saturated carbocycles. The van der Waals surface area contributed by atoms with E-state index in [2.05, 4.69) is 15.3 Å². The molecule has 0 unspecified atom stereocenters. The summed E-state index contributed by atoms with van der Waals surface area (Å²) in [4.78, 5) is 18.7. The van der Waals surface area contributed by atoms with Crippen LogP contribution in [0.15, 0.2) is 36.5 Å². The van der Waals surface area contributed by atoms with Crippen molar-refractivity contribution in [2.75, 3.05) is 5.32 Å². The third-order valence-electron chi connectivity index (χ3n) is 2.34. The monoisotopic (exact) mass is 305 g/mol. The summed E-state index contributed by atoms with van der Waals surface area (Å²) in [6.45, 7) is 5.29. The zero-order valence-electron chi connectivity index (χ0n) is 12.5. The molecule has 0 fully saturated rings. The van der Waals surface area contributed by atoms with Crippen molar-refractivity contribution < 1.29 is 18.7 Å². The Balaban J connectivity index is 2.15. The highest BCUT2D eigenvalue weighted by Gasteiger charge is 2.17.